The fraction of sp³-hybridized carbons (Fsp3) is 1.00. The van der Waals surface area contributed by atoms with Crippen LogP contribution in [-0.2, 0) is 9.47 Å². The molecular formula is C11H20O2. The molecule has 0 saturated carbocycles. The average Bonchev–Trinajstić information content (AvgIpc) is 2.01. The van der Waals surface area contributed by atoms with Crippen molar-refractivity contribution in [3.8, 4) is 0 Å². The zero-order valence-electron chi connectivity index (χ0n) is 8.93. The first-order chi connectivity index (χ1) is 6.06. The van der Waals surface area contributed by atoms with Crippen LogP contribution in [0.4, 0.5) is 0 Å². The Morgan fingerprint density at radius 1 is 1.23 bits per heavy atom. The zero-order chi connectivity index (χ0) is 9.53. The molecule has 2 nitrogen and oxygen atoms in total. The predicted octanol–water partition coefficient (Wildman–Crippen LogP) is 2.23. The molecule has 2 fully saturated rings. The molecule has 0 radical (unpaired) electrons. The zero-order valence-corrected chi connectivity index (χ0v) is 8.93. The van der Waals surface area contributed by atoms with Crippen LogP contribution in [-0.4, -0.2) is 25.4 Å². The summed E-state index contributed by atoms with van der Waals surface area (Å²) in [7, 11) is 0. The van der Waals surface area contributed by atoms with E-state index < -0.39 is 0 Å². The molecule has 0 aromatic heterocycles. The van der Waals surface area contributed by atoms with Gasteiger partial charge in [-0.3, -0.25) is 0 Å². The highest BCUT2D eigenvalue weighted by atomic mass is 16.6. The third-order valence-electron chi connectivity index (χ3n) is 3.93. The topological polar surface area (TPSA) is 18.5 Å². The normalized spacial score (nSPS) is 37.8. The van der Waals surface area contributed by atoms with Crippen molar-refractivity contribution in [1.29, 1.82) is 0 Å². The van der Waals surface area contributed by atoms with E-state index in [1.54, 1.807) is 0 Å². The van der Waals surface area contributed by atoms with Gasteiger partial charge in [0.25, 0.3) is 0 Å². The Balaban J connectivity index is 2.06. The molecule has 0 amide bonds. The molecule has 0 bridgehead atoms. The summed E-state index contributed by atoms with van der Waals surface area (Å²) in [6.07, 6.45) is 2.38. The van der Waals surface area contributed by atoms with Crippen LogP contribution in [0.3, 0.4) is 0 Å². The molecule has 2 aliphatic rings. The van der Waals surface area contributed by atoms with Crippen molar-refractivity contribution >= 4 is 0 Å². The van der Waals surface area contributed by atoms with E-state index in [0.717, 1.165) is 25.7 Å². The highest BCUT2D eigenvalue weighted by Gasteiger charge is 2.49. The first-order valence-corrected chi connectivity index (χ1v) is 5.28. The molecule has 2 heteroatoms. The van der Waals surface area contributed by atoms with Gasteiger partial charge in [-0.05, 0) is 24.2 Å². The van der Waals surface area contributed by atoms with Gasteiger partial charge in [0, 0.05) is 6.61 Å². The van der Waals surface area contributed by atoms with E-state index in [2.05, 4.69) is 20.8 Å². The van der Waals surface area contributed by atoms with Crippen LogP contribution in [0.2, 0.25) is 0 Å². The molecule has 0 aromatic carbocycles. The monoisotopic (exact) mass is 184 g/mol. The van der Waals surface area contributed by atoms with Crippen LogP contribution in [0, 0.1) is 11.3 Å². The van der Waals surface area contributed by atoms with E-state index in [4.69, 9.17) is 9.47 Å². The lowest BCUT2D eigenvalue weighted by Crippen LogP contribution is -2.58. The molecule has 13 heavy (non-hydrogen) atoms. The maximum absolute atomic E-state index is 5.82. The summed E-state index contributed by atoms with van der Waals surface area (Å²) in [5, 5.41) is 0. The number of hydrogen-bond donors (Lipinski definition) is 0. The fourth-order valence-corrected chi connectivity index (χ4v) is 2.38. The molecule has 0 N–H and O–H groups in total. The van der Waals surface area contributed by atoms with E-state index in [1.807, 2.05) is 0 Å². The van der Waals surface area contributed by atoms with Crippen molar-refractivity contribution in [3.05, 3.63) is 0 Å². The Morgan fingerprint density at radius 2 is 1.92 bits per heavy atom. The summed E-state index contributed by atoms with van der Waals surface area (Å²) in [4.78, 5) is 0. The highest BCUT2D eigenvalue weighted by molar-refractivity contribution is 4.97. The van der Waals surface area contributed by atoms with Gasteiger partial charge >= 0.3 is 0 Å². The van der Waals surface area contributed by atoms with Gasteiger partial charge in [-0.2, -0.15) is 0 Å². The molecule has 1 atom stereocenters. The smallest absolute Gasteiger partial charge is 0.115 e. The molecule has 0 aliphatic carbocycles. The maximum Gasteiger partial charge on any atom is 0.115 e. The molecule has 2 saturated heterocycles. The Hall–Kier alpha value is -0.0800. The van der Waals surface area contributed by atoms with E-state index in [-0.39, 0.29) is 5.60 Å². The van der Waals surface area contributed by atoms with Crippen LogP contribution in [0.25, 0.3) is 0 Å². The second-order valence-electron chi connectivity index (χ2n) is 5.26. The Morgan fingerprint density at radius 3 is 2.38 bits per heavy atom. The van der Waals surface area contributed by atoms with E-state index in [0.29, 0.717) is 5.41 Å². The third-order valence-corrected chi connectivity index (χ3v) is 3.93. The summed E-state index contributed by atoms with van der Waals surface area (Å²) in [6, 6.07) is 0. The summed E-state index contributed by atoms with van der Waals surface area (Å²) >= 11 is 0. The van der Waals surface area contributed by atoms with Gasteiger partial charge in [0.05, 0.1) is 13.2 Å². The second-order valence-corrected chi connectivity index (χ2v) is 5.26. The first kappa shape index (κ1) is 9.47. The molecule has 2 aliphatic heterocycles. The van der Waals surface area contributed by atoms with Crippen LogP contribution in [0.5, 0.6) is 0 Å². The summed E-state index contributed by atoms with van der Waals surface area (Å²) in [5.41, 5.74) is 0.555. The van der Waals surface area contributed by atoms with Crippen molar-refractivity contribution in [2.75, 3.05) is 19.8 Å². The fourth-order valence-electron chi connectivity index (χ4n) is 2.38. The summed E-state index contributed by atoms with van der Waals surface area (Å²) < 4.78 is 11.1. The van der Waals surface area contributed by atoms with Gasteiger partial charge in [-0.1, -0.05) is 20.8 Å². The lowest BCUT2D eigenvalue weighted by Gasteiger charge is -2.52. The third kappa shape index (κ3) is 1.50. The average molecular weight is 184 g/mol. The number of ether oxygens (including phenoxy) is 2. The SMILES string of the molecule is CC(C)C1(C)CCOC2(COC2)C1. The van der Waals surface area contributed by atoms with Crippen molar-refractivity contribution < 1.29 is 9.47 Å². The molecule has 2 heterocycles. The van der Waals surface area contributed by atoms with Gasteiger partial charge in [-0.15, -0.1) is 0 Å². The molecule has 1 unspecified atom stereocenters. The first-order valence-electron chi connectivity index (χ1n) is 5.28. The van der Waals surface area contributed by atoms with Gasteiger partial charge in [0.1, 0.15) is 5.60 Å². The van der Waals surface area contributed by atoms with Crippen molar-refractivity contribution in [3.63, 3.8) is 0 Å². The lowest BCUT2D eigenvalue weighted by atomic mass is 9.67. The van der Waals surface area contributed by atoms with Gasteiger partial charge in [0.2, 0.25) is 0 Å². The van der Waals surface area contributed by atoms with Gasteiger partial charge in [0.15, 0.2) is 0 Å². The van der Waals surface area contributed by atoms with E-state index in [9.17, 15) is 0 Å². The van der Waals surface area contributed by atoms with E-state index in [1.165, 1.54) is 12.8 Å². The quantitative estimate of drug-likeness (QED) is 0.622. The van der Waals surface area contributed by atoms with Crippen LogP contribution in [0.1, 0.15) is 33.6 Å². The highest BCUT2D eigenvalue weighted by Crippen LogP contribution is 2.46. The Bertz CT molecular complexity index is 196. The van der Waals surface area contributed by atoms with Crippen LogP contribution < -0.4 is 0 Å². The summed E-state index contributed by atoms with van der Waals surface area (Å²) in [6.45, 7) is 9.57. The standard InChI is InChI=1S/C11H20O2/c1-9(2)10(3)4-5-13-11(6-10)7-12-8-11/h9H,4-8H2,1-3H3. The molecular weight excluding hydrogens is 164 g/mol. The Kier molecular flexibility index (Phi) is 2.16. The molecule has 1 spiro atoms. The van der Waals surface area contributed by atoms with Crippen molar-refractivity contribution in [1.82, 2.24) is 0 Å². The van der Waals surface area contributed by atoms with Gasteiger partial charge in [-0.25, -0.2) is 0 Å². The number of hydrogen-bond acceptors (Lipinski definition) is 2. The van der Waals surface area contributed by atoms with Crippen molar-refractivity contribution in [2.45, 2.75) is 39.2 Å². The summed E-state index contributed by atoms with van der Waals surface area (Å²) in [5.74, 6) is 0.744. The second kappa shape index (κ2) is 2.96. The molecule has 2 rings (SSSR count). The maximum atomic E-state index is 5.82. The largest absolute Gasteiger partial charge is 0.375 e. The minimum atomic E-state index is 0.0945. The van der Waals surface area contributed by atoms with Crippen LogP contribution >= 0.6 is 0 Å². The molecule has 0 aromatic rings. The molecule has 76 valence electrons. The minimum Gasteiger partial charge on any atom is -0.375 e. The van der Waals surface area contributed by atoms with Crippen molar-refractivity contribution in [2.24, 2.45) is 11.3 Å². The lowest BCUT2D eigenvalue weighted by molar-refractivity contribution is -0.251. The van der Waals surface area contributed by atoms with E-state index >= 15 is 0 Å². The Labute approximate surface area is 80.6 Å². The van der Waals surface area contributed by atoms with Crippen LogP contribution in [0.15, 0.2) is 0 Å². The minimum absolute atomic E-state index is 0.0945. The van der Waals surface area contributed by atoms with Gasteiger partial charge < -0.3 is 9.47 Å². The number of rotatable bonds is 1. The predicted molar refractivity (Wildman–Crippen MR) is 51.7 cm³/mol.